The highest BCUT2D eigenvalue weighted by Crippen LogP contribution is 2.18. The number of aliphatic hydroxyl groups is 4. The number of carbonyl (C=O) groups is 11. The summed E-state index contributed by atoms with van der Waals surface area (Å²) in [5.41, 5.74) is 23.8. The molecule has 12 atom stereocenters. The Morgan fingerprint density at radius 3 is 1.75 bits per heavy atom. The van der Waals surface area contributed by atoms with E-state index < -0.39 is 170 Å². The molecule has 0 bridgehead atoms. The van der Waals surface area contributed by atoms with Gasteiger partial charge < -0.3 is 85.9 Å². The van der Waals surface area contributed by atoms with E-state index in [0.29, 0.717) is 12.0 Å². The average Bonchev–Trinajstić information content (AvgIpc) is 3.43. The second-order valence-corrected chi connectivity index (χ2v) is 20.5. The Hall–Kier alpha value is -6.33. The fourth-order valence-corrected chi connectivity index (χ4v) is 9.01. The Morgan fingerprint density at radius 2 is 1.19 bits per heavy atom. The molecule has 2 rings (SSSR count). The van der Waals surface area contributed by atoms with Crippen LogP contribution in [0.4, 0.5) is 0 Å². The Kier molecular flexibility index (Phi) is 33.5. The molecular formula is C54H90N12O15. The fraction of sp³-hybridized carbons (Fsp3) is 0.685. The van der Waals surface area contributed by atoms with Gasteiger partial charge in [0, 0.05) is 44.1 Å². The van der Waals surface area contributed by atoms with Crippen molar-refractivity contribution in [1.29, 1.82) is 0 Å². The zero-order valence-corrected chi connectivity index (χ0v) is 47.0. The number of benzene rings is 1. The Morgan fingerprint density at radius 1 is 0.630 bits per heavy atom. The van der Waals surface area contributed by atoms with Crippen molar-refractivity contribution in [2.24, 2.45) is 40.7 Å². The van der Waals surface area contributed by atoms with E-state index in [1.54, 1.807) is 30.3 Å². The van der Waals surface area contributed by atoms with Crippen LogP contribution >= 0.6 is 0 Å². The van der Waals surface area contributed by atoms with E-state index in [1.165, 1.54) is 13.8 Å². The van der Waals surface area contributed by atoms with Crippen LogP contribution in [0.25, 0.3) is 0 Å². The van der Waals surface area contributed by atoms with Crippen LogP contribution in [-0.4, -0.2) is 185 Å². The van der Waals surface area contributed by atoms with Gasteiger partial charge in [0.1, 0.15) is 42.0 Å². The monoisotopic (exact) mass is 1150 g/mol. The van der Waals surface area contributed by atoms with Crippen LogP contribution in [0, 0.1) is 17.8 Å². The van der Waals surface area contributed by atoms with E-state index >= 15 is 0 Å². The van der Waals surface area contributed by atoms with Crippen molar-refractivity contribution in [2.75, 3.05) is 45.9 Å². The molecule has 1 heterocycles. The highest BCUT2D eigenvalue weighted by atomic mass is 16.3. The van der Waals surface area contributed by atoms with Gasteiger partial charge in [-0.2, -0.15) is 0 Å². The first-order valence-corrected chi connectivity index (χ1v) is 28.0. The third kappa shape index (κ3) is 25.1. The Labute approximate surface area is 473 Å². The fourth-order valence-electron chi connectivity index (χ4n) is 9.01. The first-order valence-electron chi connectivity index (χ1n) is 28.0. The number of Topliss-reactive ketones (excluding diaryl/α,β-unsaturated/α-hetero) is 3. The number of aliphatic hydroxyl groups excluding tert-OH is 4. The molecule has 0 aromatic heterocycles. The molecule has 1 aromatic rings. The number of nitrogens with two attached hydrogens (primary N) is 4. The highest BCUT2D eigenvalue weighted by Gasteiger charge is 2.38. The summed E-state index contributed by atoms with van der Waals surface area (Å²) >= 11 is 0. The van der Waals surface area contributed by atoms with Crippen LogP contribution in [0.15, 0.2) is 30.3 Å². The average molecular weight is 1150 g/mol. The molecule has 27 heteroatoms. The van der Waals surface area contributed by atoms with E-state index in [4.69, 9.17) is 22.9 Å². The lowest BCUT2D eigenvalue weighted by Crippen LogP contribution is -2.61. The second kappa shape index (κ2) is 38.4. The van der Waals surface area contributed by atoms with Gasteiger partial charge in [-0.05, 0) is 90.5 Å². The van der Waals surface area contributed by atoms with E-state index in [1.807, 2.05) is 0 Å². The molecule has 0 spiro atoms. The van der Waals surface area contributed by atoms with Gasteiger partial charge in [0.2, 0.25) is 47.3 Å². The standard InChI is InChI=1S/C54H90N12O15/c1-4-5-6-7-11-14-37(71)26-34(15-20-55)47(74)64-42(30-68)44(73)28-36(29-67)49(76)61-41-19-24-59-53(80)45(31(2)69)66-52(79)40(18-23-58)62-50(77)39(17-22-57)63-54(81)46(32(3)70)65-48(75)35(25-33-12-9-8-10-13-33)27-43(72)38(16-21-56)60-51(41)78/h8-10,12-13,31-32,34-36,38-42,45-46,67-70H,4-7,11,14-30,55-58H2,1-3H3,(H,59,80)(H,60,78)(H,61,76)(H,62,77)(H,63,81)(H,64,74)(H,65,75)(H,66,79)/t31-,32-,34-,35+,36-,38+,39+,40+,41+,42+,45+,46+/m1/s1. The molecule has 81 heavy (non-hydrogen) atoms. The van der Waals surface area contributed by atoms with Crippen LogP contribution in [0.1, 0.15) is 116 Å². The number of amides is 8. The lowest BCUT2D eigenvalue weighted by Gasteiger charge is -2.28. The van der Waals surface area contributed by atoms with Gasteiger partial charge in [-0.3, -0.25) is 52.7 Å². The number of carbonyl (C=O) groups excluding carboxylic acids is 11. The summed E-state index contributed by atoms with van der Waals surface area (Å²) in [6, 6.07) is -2.62. The molecule has 0 radical (unpaired) electrons. The number of hydrogen-bond donors (Lipinski definition) is 16. The zero-order valence-electron chi connectivity index (χ0n) is 47.0. The quantitative estimate of drug-likeness (QED) is 0.0336. The van der Waals surface area contributed by atoms with E-state index in [9.17, 15) is 73.2 Å². The Balaban J connectivity index is 2.61. The lowest BCUT2D eigenvalue weighted by atomic mass is 9.90. The third-order valence-corrected chi connectivity index (χ3v) is 13.8. The van der Waals surface area contributed by atoms with Crippen LogP contribution in [0.5, 0.6) is 0 Å². The molecule has 1 aliphatic heterocycles. The maximum absolute atomic E-state index is 14.4. The summed E-state index contributed by atoms with van der Waals surface area (Å²) < 4.78 is 0. The maximum atomic E-state index is 14.4. The van der Waals surface area contributed by atoms with Crippen molar-refractivity contribution < 1.29 is 73.2 Å². The minimum atomic E-state index is -1.73. The van der Waals surface area contributed by atoms with Crippen molar-refractivity contribution in [3.8, 4) is 0 Å². The summed E-state index contributed by atoms with van der Waals surface area (Å²) in [7, 11) is 0. The summed E-state index contributed by atoms with van der Waals surface area (Å²) in [6.45, 7) is 1.53. The maximum Gasteiger partial charge on any atom is 0.245 e. The van der Waals surface area contributed by atoms with E-state index in [2.05, 4.69) is 49.5 Å². The molecule has 1 aliphatic rings. The van der Waals surface area contributed by atoms with Crippen molar-refractivity contribution >= 4 is 64.6 Å². The van der Waals surface area contributed by atoms with Gasteiger partial charge in [-0.1, -0.05) is 62.9 Å². The van der Waals surface area contributed by atoms with Crippen LogP contribution in [-0.2, 0) is 59.2 Å². The molecule has 0 unspecified atom stereocenters. The van der Waals surface area contributed by atoms with Crippen LogP contribution in [0.2, 0.25) is 0 Å². The molecule has 456 valence electrons. The second-order valence-electron chi connectivity index (χ2n) is 20.5. The summed E-state index contributed by atoms with van der Waals surface area (Å²) in [6.07, 6.45) is -1.05. The topological polar surface area (TPSA) is 469 Å². The van der Waals surface area contributed by atoms with Gasteiger partial charge in [0.05, 0.1) is 37.4 Å². The van der Waals surface area contributed by atoms with E-state index in [-0.39, 0.29) is 76.9 Å². The normalized spacial score (nSPS) is 23.1. The molecular weight excluding hydrogens is 1060 g/mol. The first-order chi connectivity index (χ1) is 38.6. The van der Waals surface area contributed by atoms with Crippen molar-refractivity contribution in [2.45, 2.75) is 172 Å². The minimum Gasteiger partial charge on any atom is -0.396 e. The smallest absolute Gasteiger partial charge is 0.245 e. The molecule has 0 aliphatic carbocycles. The van der Waals surface area contributed by atoms with Gasteiger partial charge in [0.15, 0.2) is 11.6 Å². The number of unbranched alkanes of at least 4 members (excludes halogenated alkanes) is 4. The molecule has 1 saturated heterocycles. The van der Waals surface area contributed by atoms with Crippen molar-refractivity contribution in [3.63, 3.8) is 0 Å². The molecule has 1 fully saturated rings. The lowest BCUT2D eigenvalue weighted by molar-refractivity contribution is -0.137. The molecule has 0 saturated carbocycles. The van der Waals surface area contributed by atoms with Gasteiger partial charge in [-0.25, -0.2) is 0 Å². The number of rotatable bonds is 29. The first kappa shape index (κ1) is 70.8. The number of nitrogens with one attached hydrogen (secondary N) is 8. The predicted octanol–water partition coefficient (Wildman–Crippen LogP) is -4.63. The summed E-state index contributed by atoms with van der Waals surface area (Å²) in [5.74, 6) is -13.4. The van der Waals surface area contributed by atoms with Gasteiger partial charge in [0.25, 0.3) is 0 Å². The highest BCUT2D eigenvalue weighted by molar-refractivity contribution is 5.99. The predicted molar refractivity (Wildman–Crippen MR) is 296 cm³/mol. The number of hydrogen-bond acceptors (Lipinski definition) is 19. The third-order valence-electron chi connectivity index (χ3n) is 13.8. The van der Waals surface area contributed by atoms with Gasteiger partial charge in [-0.15, -0.1) is 0 Å². The summed E-state index contributed by atoms with van der Waals surface area (Å²) in [4.78, 5) is 152. The molecule has 8 amide bonds. The van der Waals surface area contributed by atoms with E-state index in [0.717, 1.165) is 25.7 Å². The SMILES string of the molecule is CCCCCCCC(=O)C[C@@H](CCN)C(=O)N[C@@H](CO)C(=O)C[C@H](CO)C(=O)N[C@H]1CCNC(=O)[C@H]([C@@H](C)O)NC(=O)[C@H](CCN)NC(=O)[C@H](CCN)NC(=O)[C@H]([C@@H](C)O)NC(=O)[C@@H](Cc2ccccc2)CC(=O)[C@H](CCN)NC1=O. The zero-order chi connectivity index (χ0) is 60.6. The molecule has 27 nitrogen and oxygen atoms in total. The molecule has 1 aromatic carbocycles. The number of ketones is 3. The van der Waals surface area contributed by atoms with Crippen molar-refractivity contribution in [3.05, 3.63) is 35.9 Å². The largest absolute Gasteiger partial charge is 0.396 e. The molecule has 20 N–H and O–H groups in total. The summed E-state index contributed by atoms with van der Waals surface area (Å²) in [5, 5.41) is 61.9. The van der Waals surface area contributed by atoms with Crippen LogP contribution in [0.3, 0.4) is 0 Å². The van der Waals surface area contributed by atoms with Crippen molar-refractivity contribution in [1.82, 2.24) is 42.5 Å². The Bertz CT molecular complexity index is 2210. The van der Waals surface area contributed by atoms with Crippen LogP contribution < -0.4 is 65.5 Å². The minimum absolute atomic E-state index is 0.0369. The van der Waals surface area contributed by atoms with Gasteiger partial charge >= 0.3 is 0 Å².